The van der Waals surface area contributed by atoms with Gasteiger partial charge in [0.1, 0.15) is 17.6 Å². The predicted octanol–water partition coefficient (Wildman–Crippen LogP) is -0.126. The number of hydrogen-bond acceptors (Lipinski definition) is 4. The van der Waals surface area contributed by atoms with Gasteiger partial charge in [-0.25, -0.2) is 4.79 Å². The predicted molar refractivity (Wildman–Crippen MR) is 41.9 cm³/mol. The fraction of sp³-hybridized carbons (Fsp3) is 0.625. The molecule has 0 aromatic carbocycles. The SMILES string of the molecule is COC(=O)C1CCCNC1=C=O. The van der Waals surface area contributed by atoms with Crippen molar-refractivity contribution >= 4 is 11.9 Å². The van der Waals surface area contributed by atoms with Crippen LogP contribution in [0.15, 0.2) is 5.70 Å². The van der Waals surface area contributed by atoms with Crippen LogP contribution >= 0.6 is 0 Å². The van der Waals surface area contributed by atoms with Crippen molar-refractivity contribution in [2.75, 3.05) is 13.7 Å². The number of ether oxygens (including phenoxy) is 1. The lowest BCUT2D eigenvalue weighted by Crippen LogP contribution is -2.33. The molecule has 1 rings (SSSR count). The minimum atomic E-state index is -0.429. The third-order valence-corrected chi connectivity index (χ3v) is 1.93. The zero-order valence-corrected chi connectivity index (χ0v) is 6.92. The Morgan fingerprint density at radius 3 is 3.08 bits per heavy atom. The van der Waals surface area contributed by atoms with Gasteiger partial charge in [0.25, 0.3) is 0 Å². The van der Waals surface area contributed by atoms with Gasteiger partial charge < -0.3 is 10.1 Å². The highest BCUT2D eigenvalue weighted by atomic mass is 16.5. The summed E-state index contributed by atoms with van der Waals surface area (Å²) in [4.78, 5) is 21.4. The van der Waals surface area contributed by atoms with E-state index in [1.54, 1.807) is 5.94 Å². The quantitative estimate of drug-likeness (QED) is 0.439. The topological polar surface area (TPSA) is 55.4 Å². The van der Waals surface area contributed by atoms with E-state index >= 15 is 0 Å². The Morgan fingerprint density at radius 1 is 1.75 bits per heavy atom. The number of hydrogen-bond donors (Lipinski definition) is 1. The van der Waals surface area contributed by atoms with Gasteiger partial charge in [0, 0.05) is 6.54 Å². The Balaban J connectivity index is 2.72. The molecule has 12 heavy (non-hydrogen) atoms. The van der Waals surface area contributed by atoms with Gasteiger partial charge in [-0.3, -0.25) is 4.79 Å². The molecular weight excluding hydrogens is 158 g/mol. The van der Waals surface area contributed by atoms with Crippen LogP contribution in [-0.4, -0.2) is 25.6 Å². The molecule has 1 fully saturated rings. The number of carbonyl (C=O) groups is 1. The van der Waals surface area contributed by atoms with Crippen molar-refractivity contribution < 1.29 is 14.3 Å². The average Bonchev–Trinajstić information content (AvgIpc) is 2.16. The highest BCUT2D eigenvalue weighted by Crippen LogP contribution is 2.18. The molecule has 0 amide bonds. The third-order valence-electron chi connectivity index (χ3n) is 1.93. The van der Waals surface area contributed by atoms with E-state index in [1.807, 2.05) is 0 Å². The zero-order valence-electron chi connectivity index (χ0n) is 6.92. The van der Waals surface area contributed by atoms with Crippen molar-refractivity contribution in [1.29, 1.82) is 0 Å². The first-order valence-corrected chi connectivity index (χ1v) is 3.86. The van der Waals surface area contributed by atoms with Crippen LogP contribution < -0.4 is 5.32 Å². The normalized spacial score (nSPS) is 22.4. The number of methoxy groups -OCH3 is 1. The highest BCUT2D eigenvalue weighted by molar-refractivity contribution is 5.79. The van der Waals surface area contributed by atoms with Gasteiger partial charge >= 0.3 is 5.97 Å². The van der Waals surface area contributed by atoms with Crippen molar-refractivity contribution in [2.24, 2.45) is 5.92 Å². The minimum Gasteiger partial charge on any atom is -0.468 e. The van der Waals surface area contributed by atoms with Gasteiger partial charge in [0.2, 0.25) is 0 Å². The van der Waals surface area contributed by atoms with Crippen LogP contribution in [0.3, 0.4) is 0 Å². The number of esters is 1. The Bertz CT molecular complexity index is 230. The maximum Gasteiger partial charge on any atom is 0.315 e. The minimum absolute atomic E-state index is 0.327. The summed E-state index contributed by atoms with van der Waals surface area (Å²) in [6.07, 6.45) is 1.55. The van der Waals surface area contributed by atoms with Crippen molar-refractivity contribution in [3.63, 3.8) is 0 Å². The first-order chi connectivity index (χ1) is 5.79. The van der Waals surface area contributed by atoms with E-state index < -0.39 is 5.92 Å². The second-order valence-electron chi connectivity index (χ2n) is 2.66. The van der Waals surface area contributed by atoms with Gasteiger partial charge in [-0.1, -0.05) is 0 Å². The van der Waals surface area contributed by atoms with Crippen LogP contribution in [0.1, 0.15) is 12.8 Å². The van der Waals surface area contributed by atoms with E-state index in [9.17, 15) is 9.59 Å². The van der Waals surface area contributed by atoms with Crippen LogP contribution in [0.5, 0.6) is 0 Å². The molecule has 1 aliphatic rings. The molecule has 0 aromatic heterocycles. The van der Waals surface area contributed by atoms with Gasteiger partial charge in [-0.05, 0) is 12.8 Å². The lowest BCUT2D eigenvalue weighted by atomic mass is 9.96. The Labute approximate surface area is 70.6 Å². The van der Waals surface area contributed by atoms with E-state index in [-0.39, 0.29) is 5.97 Å². The van der Waals surface area contributed by atoms with Crippen LogP contribution in [-0.2, 0) is 14.3 Å². The summed E-state index contributed by atoms with van der Waals surface area (Å²) in [7, 11) is 1.32. The van der Waals surface area contributed by atoms with Crippen molar-refractivity contribution in [1.82, 2.24) is 5.32 Å². The molecule has 0 aromatic rings. The summed E-state index contributed by atoms with van der Waals surface area (Å²) >= 11 is 0. The number of piperidine rings is 1. The molecule has 4 heteroatoms. The summed E-state index contributed by atoms with van der Waals surface area (Å²) in [5.41, 5.74) is 0.327. The third kappa shape index (κ3) is 1.66. The van der Waals surface area contributed by atoms with Gasteiger partial charge in [0.05, 0.1) is 7.11 Å². The van der Waals surface area contributed by atoms with Crippen LogP contribution in [0, 0.1) is 5.92 Å². The van der Waals surface area contributed by atoms with Crippen LogP contribution in [0.2, 0.25) is 0 Å². The van der Waals surface area contributed by atoms with E-state index in [4.69, 9.17) is 0 Å². The molecule has 1 heterocycles. The summed E-state index contributed by atoms with van der Waals surface area (Å²) in [6, 6.07) is 0. The maximum atomic E-state index is 11.1. The zero-order chi connectivity index (χ0) is 8.97. The van der Waals surface area contributed by atoms with Crippen molar-refractivity contribution in [3.05, 3.63) is 5.70 Å². The first-order valence-electron chi connectivity index (χ1n) is 3.86. The van der Waals surface area contributed by atoms with Crippen molar-refractivity contribution in [2.45, 2.75) is 12.8 Å². The summed E-state index contributed by atoms with van der Waals surface area (Å²) in [6.45, 7) is 0.734. The molecule has 66 valence electrons. The Morgan fingerprint density at radius 2 is 2.50 bits per heavy atom. The molecule has 1 unspecified atom stereocenters. The molecule has 1 atom stereocenters. The van der Waals surface area contributed by atoms with Gasteiger partial charge in [0.15, 0.2) is 0 Å². The lowest BCUT2D eigenvalue weighted by Gasteiger charge is -2.21. The van der Waals surface area contributed by atoms with Gasteiger partial charge in [-0.15, -0.1) is 0 Å². The van der Waals surface area contributed by atoms with E-state index in [1.165, 1.54) is 7.11 Å². The van der Waals surface area contributed by atoms with Crippen molar-refractivity contribution in [3.8, 4) is 0 Å². The Kier molecular flexibility index (Phi) is 2.88. The number of rotatable bonds is 1. The average molecular weight is 169 g/mol. The fourth-order valence-electron chi connectivity index (χ4n) is 1.28. The molecule has 0 bridgehead atoms. The molecule has 1 aliphatic heterocycles. The second kappa shape index (κ2) is 3.93. The molecule has 0 radical (unpaired) electrons. The molecule has 0 spiro atoms. The molecule has 1 saturated heterocycles. The molecule has 0 saturated carbocycles. The molecule has 1 N–H and O–H groups in total. The van der Waals surface area contributed by atoms with Gasteiger partial charge in [-0.2, -0.15) is 0 Å². The fourth-order valence-corrected chi connectivity index (χ4v) is 1.28. The first kappa shape index (κ1) is 8.81. The number of carbonyl (C=O) groups excluding carboxylic acids is 2. The summed E-state index contributed by atoms with van der Waals surface area (Å²) in [5.74, 6) is 0.934. The molecule has 4 nitrogen and oxygen atoms in total. The Hall–Kier alpha value is -1.28. The van der Waals surface area contributed by atoms with E-state index in [2.05, 4.69) is 10.1 Å². The maximum absolute atomic E-state index is 11.1. The molecule has 0 aliphatic carbocycles. The van der Waals surface area contributed by atoms with E-state index in [0.29, 0.717) is 12.1 Å². The summed E-state index contributed by atoms with van der Waals surface area (Å²) in [5, 5.41) is 2.83. The smallest absolute Gasteiger partial charge is 0.315 e. The monoisotopic (exact) mass is 169 g/mol. The standard InChI is InChI=1S/C8H11NO3/c1-12-8(11)6-3-2-4-9-7(6)5-10/h6,9H,2-4H2,1H3. The highest BCUT2D eigenvalue weighted by Gasteiger charge is 2.27. The van der Waals surface area contributed by atoms with E-state index in [0.717, 1.165) is 13.0 Å². The largest absolute Gasteiger partial charge is 0.468 e. The molecular formula is C8H11NO3. The second-order valence-corrected chi connectivity index (χ2v) is 2.66. The van der Waals surface area contributed by atoms with Crippen LogP contribution in [0.25, 0.3) is 0 Å². The number of nitrogens with one attached hydrogen (secondary N) is 1. The summed E-state index contributed by atoms with van der Waals surface area (Å²) < 4.78 is 4.54. The lowest BCUT2D eigenvalue weighted by molar-refractivity contribution is -0.144. The van der Waals surface area contributed by atoms with Crippen LogP contribution in [0.4, 0.5) is 0 Å².